The third-order valence-electron chi connectivity index (χ3n) is 8.08. The molecule has 210 valence electrons. The van der Waals surface area contributed by atoms with Crippen LogP contribution in [0.5, 0.6) is 5.75 Å². The highest BCUT2D eigenvalue weighted by Gasteiger charge is 2.49. The molecule has 40 heavy (non-hydrogen) atoms. The van der Waals surface area contributed by atoms with E-state index in [2.05, 4.69) is 27.7 Å². The number of Topliss-reactive ketones (excluding diaryl/α,β-unsaturated/α-hetero) is 2. The van der Waals surface area contributed by atoms with Gasteiger partial charge in [0, 0.05) is 53.4 Å². The fourth-order valence-corrected chi connectivity index (χ4v) is 6.47. The number of carboxylic acids is 1. The van der Waals surface area contributed by atoms with Crippen molar-refractivity contribution in [3.63, 3.8) is 0 Å². The molecule has 0 atom stereocenters. The number of hydrogen-bond donors (Lipinski definition) is 1. The van der Waals surface area contributed by atoms with Crippen molar-refractivity contribution in [2.24, 2.45) is 10.8 Å². The molecule has 0 radical (unpaired) electrons. The number of ether oxygens (including phenoxy) is 1. The molecule has 1 aliphatic heterocycles. The standard InChI is InChI=1S/C33H36FNO5/c1-32(2)15-23-30(25(36)17-32)29(22-10-5-6-11-27(22)40-19-20-8-7-9-21(34)14-20)31-24(35(23)13-12-28(38)39)16-33(3,4)18-26(31)37/h5-11,14,29H,12-13,15-19H2,1-4H3,(H,38,39). The van der Waals surface area contributed by atoms with E-state index in [1.54, 1.807) is 12.1 Å². The van der Waals surface area contributed by atoms with Crippen LogP contribution in [0.25, 0.3) is 0 Å². The van der Waals surface area contributed by atoms with E-state index in [1.165, 1.54) is 12.1 Å². The minimum atomic E-state index is -0.926. The molecule has 0 aromatic heterocycles. The van der Waals surface area contributed by atoms with Crippen LogP contribution in [0.4, 0.5) is 4.39 Å². The van der Waals surface area contributed by atoms with E-state index in [9.17, 15) is 23.9 Å². The molecule has 0 unspecified atom stereocenters. The van der Waals surface area contributed by atoms with Crippen molar-refractivity contribution in [2.75, 3.05) is 6.54 Å². The number of hydrogen-bond acceptors (Lipinski definition) is 5. The summed E-state index contributed by atoms with van der Waals surface area (Å²) >= 11 is 0. The number of carbonyl (C=O) groups excluding carboxylic acids is 2. The lowest BCUT2D eigenvalue weighted by atomic mass is 9.63. The minimum absolute atomic E-state index is 0.0271. The van der Waals surface area contributed by atoms with Gasteiger partial charge in [-0.05, 0) is 47.4 Å². The van der Waals surface area contributed by atoms with E-state index < -0.39 is 11.9 Å². The molecule has 0 fully saturated rings. The molecule has 2 aromatic carbocycles. The van der Waals surface area contributed by atoms with Gasteiger partial charge in [-0.2, -0.15) is 0 Å². The zero-order valence-electron chi connectivity index (χ0n) is 23.6. The molecule has 2 aromatic rings. The number of carbonyl (C=O) groups is 3. The van der Waals surface area contributed by atoms with E-state index in [0.29, 0.717) is 48.1 Å². The maximum absolute atomic E-state index is 13.9. The Hall–Kier alpha value is -3.74. The van der Waals surface area contributed by atoms with Gasteiger partial charge >= 0.3 is 5.97 Å². The summed E-state index contributed by atoms with van der Waals surface area (Å²) in [4.78, 5) is 41.5. The van der Waals surface area contributed by atoms with Gasteiger partial charge in [-0.3, -0.25) is 14.4 Å². The average Bonchev–Trinajstić information content (AvgIpc) is 2.84. The molecular weight excluding hydrogens is 509 g/mol. The summed E-state index contributed by atoms with van der Waals surface area (Å²) < 4.78 is 20.0. The Kier molecular flexibility index (Phi) is 7.19. The van der Waals surface area contributed by atoms with Crippen LogP contribution in [0.1, 0.15) is 76.8 Å². The van der Waals surface area contributed by atoms with Gasteiger partial charge in [0.05, 0.1) is 6.42 Å². The Morgan fingerprint density at radius 1 is 0.925 bits per heavy atom. The number of allylic oxidation sites excluding steroid dienone is 4. The number of carboxylic acid groups (broad SMARTS) is 1. The molecule has 0 saturated heterocycles. The van der Waals surface area contributed by atoms with Crippen LogP contribution >= 0.6 is 0 Å². The van der Waals surface area contributed by atoms with E-state index in [0.717, 1.165) is 17.0 Å². The molecular formula is C33H36FNO5. The monoisotopic (exact) mass is 545 g/mol. The van der Waals surface area contributed by atoms with Crippen LogP contribution in [0.2, 0.25) is 0 Å². The van der Waals surface area contributed by atoms with Crippen molar-refractivity contribution in [1.29, 1.82) is 0 Å². The third-order valence-corrected chi connectivity index (χ3v) is 8.08. The molecule has 0 amide bonds. The number of para-hydroxylation sites is 1. The number of ketones is 2. The topological polar surface area (TPSA) is 83.9 Å². The maximum atomic E-state index is 13.9. The van der Waals surface area contributed by atoms with Gasteiger partial charge in [0.15, 0.2) is 11.6 Å². The Labute approximate surface area is 234 Å². The van der Waals surface area contributed by atoms with Crippen LogP contribution in [-0.2, 0) is 21.0 Å². The molecule has 0 saturated carbocycles. The zero-order chi connectivity index (χ0) is 28.8. The molecule has 0 bridgehead atoms. The van der Waals surface area contributed by atoms with Crippen LogP contribution < -0.4 is 4.74 Å². The lowest BCUT2D eigenvalue weighted by Gasteiger charge is -2.49. The van der Waals surface area contributed by atoms with E-state index in [-0.39, 0.29) is 47.8 Å². The highest BCUT2D eigenvalue weighted by atomic mass is 19.1. The quantitative estimate of drug-likeness (QED) is 0.424. The van der Waals surface area contributed by atoms with Crippen LogP contribution in [0.15, 0.2) is 71.1 Å². The second kappa shape index (κ2) is 10.3. The first-order valence-electron chi connectivity index (χ1n) is 13.8. The fraction of sp³-hybridized carbons (Fsp3) is 0.424. The highest BCUT2D eigenvalue weighted by Crippen LogP contribution is 2.55. The molecule has 6 nitrogen and oxygen atoms in total. The largest absolute Gasteiger partial charge is 0.489 e. The summed E-state index contributed by atoms with van der Waals surface area (Å²) in [5.74, 6) is -1.41. The van der Waals surface area contributed by atoms with Crippen molar-refractivity contribution in [3.8, 4) is 5.75 Å². The average molecular weight is 546 g/mol. The minimum Gasteiger partial charge on any atom is -0.489 e. The number of benzene rings is 2. The van der Waals surface area contributed by atoms with Gasteiger partial charge in [-0.15, -0.1) is 0 Å². The van der Waals surface area contributed by atoms with Crippen molar-refractivity contribution < 1.29 is 28.6 Å². The van der Waals surface area contributed by atoms with Gasteiger partial charge in [-0.1, -0.05) is 58.0 Å². The predicted octanol–water partition coefficient (Wildman–Crippen LogP) is 6.57. The van der Waals surface area contributed by atoms with Gasteiger partial charge in [0.2, 0.25) is 0 Å². The molecule has 3 aliphatic rings. The lowest BCUT2D eigenvalue weighted by molar-refractivity contribution is -0.137. The summed E-state index contributed by atoms with van der Waals surface area (Å²) in [5, 5.41) is 9.55. The van der Waals surface area contributed by atoms with Crippen LogP contribution in [0, 0.1) is 16.6 Å². The van der Waals surface area contributed by atoms with Crippen LogP contribution in [0.3, 0.4) is 0 Å². The Bertz CT molecular complexity index is 1400. The van der Waals surface area contributed by atoms with Crippen molar-refractivity contribution in [1.82, 2.24) is 4.90 Å². The smallest absolute Gasteiger partial charge is 0.305 e. The first kappa shape index (κ1) is 27.8. The second-order valence-electron chi connectivity index (χ2n) is 12.8. The zero-order valence-corrected chi connectivity index (χ0v) is 23.6. The fourth-order valence-electron chi connectivity index (χ4n) is 6.47. The second-order valence-corrected chi connectivity index (χ2v) is 12.8. The van der Waals surface area contributed by atoms with Gasteiger partial charge in [0.25, 0.3) is 0 Å². The summed E-state index contributed by atoms with van der Waals surface area (Å²) in [7, 11) is 0. The van der Waals surface area contributed by atoms with E-state index >= 15 is 0 Å². The third kappa shape index (κ3) is 5.47. The SMILES string of the molecule is CC1(C)CC(=O)C2=C(C1)N(CCC(=O)O)C1=C(C(=O)CC(C)(C)C1)C2c1ccccc1OCc1cccc(F)c1. The first-order chi connectivity index (χ1) is 18.8. The van der Waals surface area contributed by atoms with Crippen molar-refractivity contribution in [2.45, 2.75) is 72.3 Å². The molecule has 2 aliphatic carbocycles. The molecule has 1 heterocycles. The van der Waals surface area contributed by atoms with E-state index in [4.69, 9.17) is 4.74 Å². The summed E-state index contributed by atoms with van der Waals surface area (Å²) in [5.41, 5.74) is 3.55. The summed E-state index contributed by atoms with van der Waals surface area (Å²) in [6, 6.07) is 13.6. The van der Waals surface area contributed by atoms with Crippen molar-refractivity contribution >= 4 is 17.5 Å². The first-order valence-corrected chi connectivity index (χ1v) is 13.8. The van der Waals surface area contributed by atoms with Gasteiger partial charge < -0.3 is 14.7 Å². The van der Waals surface area contributed by atoms with Crippen LogP contribution in [-0.4, -0.2) is 34.1 Å². The lowest BCUT2D eigenvalue weighted by Crippen LogP contribution is -2.45. The molecule has 7 heteroatoms. The van der Waals surface area contributed by atoms with Gasteiger partial charge in [-0.25, -0.2) is 4.39 Å². The molecule has 0 spiro atoms. The summed E-state index contributed by atoms with van der Waals surface area (Å²) in [6.45, 7) is 8.53. The number of aliphatic carboxylic acids is 1. The van der Waals surface area contributed by atoms with Crippen molar-refractivity contribution in [3.05, 3.63) is 88.0 Å². The number of rotatable bonds is 7. The highest BCUT2D eigenvalue weighted by molar-refractivity contribution is 6.07. The number of halogens is 1. The Morgan fingerprint density at radius 2 is 1.52 bits per heavy atom. The molecule has 1 N–H and O–H groups in total. The normalized spacial score (nSPS) is 20.4. The predicted molar refractivity (Wildman–Crippen MR) is 149 cm³/mol. The summed E-state index contributed by atoms with van der Waals surface area (Å²) in [6.07, 6.45) is 1.77. The number of nitrogens with zero attached hydrogens (tertiary/aromatic N) is 1. The Balaban J connectivity index is 1.67. The maximum Gasteiger partial charge on any atom is 0.305 e. The van der Waals surface area contributed by atoms with E-state index in [1.807, 2.05) is 29.2 Å². The Morgan fingerprint density at radius 3 is 2.10 bits per heavy atom. The van der Waals surface area contributed by atoms with Gasteiger partial charge in [0.1, 0.15) is 18.2 Å². The molecule has 5 rings (SSSR count).